The fraction of sp³-hybridized carbons (Fsp3) is 0.696. The summed E-state index contributed by atoms with van der Waals surface area (Å²) in [5.74, 6) is 1.88. The number of benzene rings is 1. The van der Waals surface area contributed by atoms with Crippen LogP contribution in [-0.4, -0.2) is 54.5 Å². The first-order chi connectivity index (χ1) is 13.2. The van der Waals surface area contributed by atoms with Crippen LogP contribution in [0.15, 0.2) is 30.3 Å². The summed E-state index contributed by atoms with van der Waals surface area (Å²) < 4.78 is 0. The molecule has 4 heteroatoms. The van der Waals surface area contributed by atoms with Crippen LogP contribution < -0.4 is 5.32 Å². The molecule has 3 fully saturated rings. The van der Waals surface area contributed by atoms with E-state index in [2.05, 4.69) is 34.3 Å². The lowest BCUT2D eigenvalue weighted by molar-refractivity contribution is -0.121. The molecule has 27 heavy (non-hydrogen) atoms. The number of likely N-dealkylation sites (tertiary alicyclic amines) is 1. The highest BCUT2D eigenvalue weighted by atomic mass is 16.1. The highest BCUT2D eigenvalue weighted by molar-refractivity contribution is 5.75. The van der Waals surface area contributed by atoms with Crippen molar-refractivity contribution in [3.05, 3.63) is 35.9 Å². The van der Waals surface area contributed by atoms with E-state index in [1.165, 1.54) is 50.9 Å². The van der Waals surface area contributed by atoms with Gasteiger partial charge in [0, 0.05) is 31.6 Å². The van der Waals surface area contributed by atoms with Crippen LogP contribution in [0.3, 0.4) is 0 Å². The zero-order chi connectivity index (χ0) is 18.6. The fourth-order valence-corrected chi connectivity index (χ4v) is 6.00. The Balaban J connectivity index is 1.26. The maximum absolute atomic E-state index is 12.2. The summed E-state index contributed by atoms with van der Waals surface area (Å²) in [6.45, 7) is 4.53. The smallest absolute Gasteiger partial charge is 0.220 e. The van der Waals surface area contributed by atoms with E-state index in [1.54, 1.807) is 0 Å². The molecule has 1 aromatic carbocycles. The molecule has 1 amide bonds. The van der Waals surface area contributed by atoms with Gasteiger partial charge in [-0.2, -0.15) is 0 Å². The van der Waals surface area contributed by atoms with E-state index in [1.807, 2.05) is 18.2 Å². The molecule has 4 rings (SSSR count). The van der Waals surface area contributed by atoms with Gasteiger partial charge in [-0.15, -0.1) is 0 Å². The summed E-state index contributed by atoms with van der Waals surface area (Å²) in [7, 11) is 2.32. The van der Waals surface area contributed by atoms with Crippen molar-refractivity contribution in [2.75, 3.05) is 26.7 Å². The molecule has 1 aromatic rings. The molecule has 4 atom stereocenters. The zero-order valence-corrected chi connectivity index (χ0v) is 16.8. The van der Waals surface area contributed by atoms with E-state index < -0.39 is 0 Å². The molecule has 1 N–H and O–H groups in total. The minimum Gasteiger partial charge on any atom is -0.352 e. The first kappa shape index (κ1) is 18.9. The largest absolute Gasteiger partial charge is 0.352 e. The second kappa shape index (κ2) is 8.74. The van der Waals surface area contributed by atoms with E-state index in [0.29, 0.717) is 19.0 Å². The van der Waals surface area contributed by atoms with Gasteiger partial charge in [0.25, 0.3) is 0 Å². The third kappa shape index (κ3) is 4.38. The molecule has 0 spiro atoms. The maximum Gasteiger partial charge on any atom is 0.220 e. The lowest BCUT2D eigenvalue weighted by atomic mass is 9.69. The van der Waals surface area contributed by atoms with Crippen LogP contribution in [-0.2, 0) is 11.3 Å². The van der Waals surface area contributed by atoms with Crippen LogP contribution in [0.5, 0.6) is 0 Å². The molecule has 148 valence electrons. The lowest BCUT2D eigenvalue weighted by Gasteiger charge is -2.57. The molecular formula is C23H35N3O. The van der Waals surface area contributed by atoms with Gasteiger partial charge in [0.2, 0.25) is 5.91 Å². The van der Waals surface area contributed by atoms with E-state index in [0.717, 1.165) is 30.7 Å². The molecule has 4 nitrogen and oxygen atoms in total. The average Bonchev–Trinajstić information content (AvgIpc) is 2.70. The molecule has 0 bridgehead atoms. The Labute approximate surface area is 164 Å². The quantitative estimate of drug-likeness (QED) is 0.836. The maximum atomic E-state index is 12.2. The number of carbonyl (C=O) groups is 1. The van der Waals surface area contributed by atoms with Gasteiger partial charge in [0.1, 0.15) is 0 Å². The first-order valence-electron chi connectivity index (χ1n) is 11.0. The van der Waals surface area contributed by atoms with Gasteiger partial charge in [-0.3, -0.25) is 9.69 Å². The molecular weight excluding hydrogens is 334 g/mol. The van der Waals surface area contributed by atoms with Crippen molar-refractivity contribution in [2.45, 2.75) is 63.6 Å². The van der Waals surface area contributed by atoms with Crippen LogP contribution in [0, 0.1) is 11.8 Å². The van der Waals surface area contributed by atoms with E-state index in [4.69, 9.17) is 0 Å². The van der Waals surface area contributed by atoms with E-state index in [-0.39, 0.29) is 5.91 Å². The lowest BCUT2D eigenvalue weighted by Crippen LogP contribution is -2.63. The molecule has 3 heterocycles. The van der Waals surface area contributed by atoms with Crippen LogP contribution in [0.1, 0.15) is 50.5 Å². The SMILES string of the molecule is CN1C[C@@H]2CCCN3CCC[C@@H]([C@H]23)[C@H]1CCCC(=O)NCc1ccccc1. The topological polar surface area (TPSA) is 35.6 Å². The predicted octanol–water partition coefficient (Wildman–Crippen LogP) is 3.28. The summed E-state index contributed by atoms with van der Waals surface area (Å²) in [4.78, 5) is 17.7. The van der Waals surface area contributed by atoms with E-state index >= 15 is 0 Å². The van der Waals surface area contributed by atoms with Crippen molar-refractivity contribution in [1.82, 2.24) is 15.1 Å². The van der Waals surface area contributed by atoms with Gasteiger partial charge < -0.3 is 10.2 Å². The van der Waals surface area contributed by atoms with Gasteiger partial charge >= 0.3 is 0 Å². The molecule has 3 aliphatic rings. The Kier molecular flexibility index (Phi) is 6.14. The molecule has 0 unspecified atom stereocenters. The van der Waals surface area contributed by atoms with Crippen molar-refractivity contribution in [1.29, 1.82) is 0 Å². The molecule has 0 radical (unpaired) electrons. The van der Waals surface area contributed by atoms with Crippen molar-refractivity contribution in [3.63, 3.8) is 0 Å². The number of carbonyl (C=O) groups excluding carboxylic acids is 1. The van der Waals surface area contributed by atoms with Crippen molar-refractivity contribution < 1.29 is 4.79 Å². The molecule has 3 saturated heterocycles. The van der Waals surface area contributed by atoms with Crippen LogP contribution >= 0.6 is 0 Å². The highest BCUT2D eigenvalue weighted by Gasteiger charge is 2.47. The predicted molar refractivity (Wildman–Crippen MR) is 109 cm³/mol. The summed E-state index contributed by atoms with van der Waals surface area (Å²) in [6.07, 6.45) is 8.36. The number of nitrogens with zero attached hydrogens (tertiary/aromatic N) is 2. The standard InChI is InChI=1S/C23H35N3O/c1-25-17-19-10-6-14-26-15-7-11-20(23(19)26)21(25)12-5-13-22(27)24-16-18-8-3-2-4-9-18/h2-4,8-9,19-21,23H,5-7,10-17H2,1H3,(H,24,27)/t19-,20+,21+,23-/m0/s1. The van der Waals surface area contributed by atoms with Crippen LogP contribution in [0.2, 0.25) is 0 Å². The van der Waals surface area contributed by atoms with Gasteiger partial charge in [-0.1, -0.05) is 30.3 Å². The fourth-order valence-electron chi connectivity index (χ4n) is 6.00. The molecule has 0 saturated carbocycles. The Hall–Kier alpha value is -1.39. The highest BCUT2D eigenvalue weighted by Crippen LogP contribution is 2.42. The molecule has 0 aromatic heterocycles. The molecule has 0 aliphatic carbocycles. The normalized spacial score (nSPS) is 31.3. The van der Waals surface area contributed by atoms with Gasteiger partial charge in [-0.05, 0) is 76.1 Å². The Morgan fingerprint density at radius 3 is 2.74 bits per heavy atom. The van der Waals surface area contributed by atoms with Crippen LogP contribution in [0.4, 0.5) is 0 Å². The number of amides is 1. The monoisotopic (exact) mass is 369 g/mol. The average molecular weight is 370 g/mol. The summed E-state index contributed by atoms with van der Waals surface area (Å²) in [6, 6.07) is 11.7. The summed E-state index contributed by atoms with van der Waals surface area (Å²) >= 11 is 0. The van der Waals surface area contributed by atoms with Gasteiger partial charge in [0.15, 0.2) is 0 Å². The number of nitrogens with one attached hydrogen (secondary N) is 1. The Bertz CT molecular complexity index is 617. The van der Waals surface area contributed by atoms with Crippen molar-refractivity contribution in [3.8, 4) is 0 Å². The number of rotatable bonds is 6. The molecule has 3 aliphatic heterocycles. The Morgan fingerprint density at radius 1 is 1.15 bits per heavy atom. The number of piperidine rings is 3. The Morgan fingerprint density at radius 2 is 1.93 bits per heavy atom. The third-order valence-electron chi connectivity index (χ3n) is 7.17. The van der Waals surface area contributed by atoms with Crippen molar-refractivity contribution in [2.24, 2.45) is 11.8 Å². The van der Waals surface area contributed by atoms with Gasteiger partial charge in [0.05, 0.1) is 0 Å². The minimum atomic E-state index is 0.193. The minimum absolute atomic E-state index is 0.193. The summed E-state index contributed by atoms with van der Waals surface area (Å²) in [5.41, 5.74) is 1.17. The first-order valence-corrected chi connectivity index (χ1v) is 11.0. The summed E-state index contributed by atoms with van der Waals surface area (Å²) in [5, 5.41) is 3.08. The second-order valence-corrected chi connectivity index (χ2v) is 8.90. The third-order valence-corrected chi connectivity index (χ3v) is 7.17. The second-order valence-electron chi connectivity index (χ2n) is 8.90. The van der Waals surface area contributed by atoms with Crippen LogP contribution in [0.25, 0.3) is 0 Å². The van der Waals surface area contributed by atoms with E-state index in [9.17, 15) is 4.79 Å². The number of hydrogen-bond donors (Lipinski definition) is 1. The number of hydrogen-bond acceptors (Lipinski definition) is 3. The van der Waals surface area contributed by atoms with Crippen molar-refractivity contribution >= 4 is 5.91 Å². The zero-order valence-electron chi connectivity index (χ0n) is 16.8. The van der Waals surface area contributed by atoms with Gasteiger partial charge in [-0.25, -0.2) is 0 Å².